The number of carbonyl (C=O) groups is 1. The molecule has 0 bridgehead atoms. The van der Waals surface area contributed by atoms with Crippen LogP contribution < -0.4 is 16.0 Å². The Hall–Kier alpha value is -1.89. The summed E-state index contributed by atoms with van der Waals surface area (Å²) in [5, 5.41) is 10.2. The Morgan fingerprint density at radius 3 is 2.48 bits per heavy atom. The predicted octanol–water partition coefficient (Wildman–Crippen LogP) is 3.09. The summed E-state index contributed by atoms with van der Waals surface area (Å²) < 4.78 is 37.7. The number of hydrogen-bond donors (Lipinski definition) is 3. The first-order valence-corrected chi connectivity index (χ1v) is 9.48. The van der Waals surface area contributed by atoms with Gasteiger partial charge in [-0.25, -0.2) is 4.98 Å². The van der Waals surface area contributed by atoms with Crippen molar-refractivity contribution in [3.63, 3.8) is 0 Å². The lowest BCUT2D eigenvalue weighted by molar-refractivity contribution is -0.140. The van der Waals surface area contributed by atoms with Gasteiger partial charge in [0.2, 0.25) is 0 Å². The van der Waals surface area contributed by atoms with Crippen LogP contribution in [0.15, 0.2) is 34.6 Å². The van der Waals surface area contributed by atoms with Crippen LogP contribution in [0.5, 0.6) is 0 Å². The number of halogens is 4. The number of nitrogens with zero attached hydrogens (tertiary/aromatic N) is 2. The van der Waals surface area contributed by atoms with Gasteiger partial charge in [-0.05, 0) is 24.1 Å². The van der Waals surface area contributed by atoms with Crippen LogP contribution in [0.4, 0.5) is 13.2 Å². The van der Waals surface area contributed by atoms with Gasteiger partial charge in [-0.15, -0.1) is 35.3 Å². The molecule has 11 heteroatoms. The molecule has 29 heavy (non-hydrogen) atoms. The third-order valence-corrected chi connectivity index (χ3v) is 4.73. The van der Waals surface area contributed by atoms with E-state index in [4.69, 9.17) is 0 Å². The van der Waals surface area contributed by atoms with Crippen molar-refractivity contribution in [2.75, 3.05) is 27.2 Å². The molecule has 0 atom stereocenters. The van der Waals surface area contributed by atoms with Crippen LogP contribution in [-0.2, 0) is 19.0 Å². The fraction of sp³-hybridized carbons (Fsp3) is 0.389. The van der Waals surface area contributed by atoms with Crippen LogP contribution in [0.2, 0.25) is 0 Å². The van der Waals surface area contributed by atoms with Crippen LogP contribution in [0, 0.1) is 0 Å². The van der Waals surface area contributed by atoms with Gasteiger partial charge < -0.3 is 16.0 Å². The fourth-order valence-corrected chi connectivity index (χ4v) is 3.21. The number of amides is 1. The number of aromatic nitrogens is 1. The SMILES string of the molecule is CN=C(NCCc1cccc(C(=O)NC)c1)NCCc1nc(C(F)(F)F)cs1.I. The fourth-order valence-electron chi connectivity index (χ4n) is 2.40. The van der Waals surface area contributed by atoms with E-state index < -0.39 is 11.9 Å². The first kappa shape index (κ1) is 25.1. The second-order valence-corrected chi connectivity index (χ2v) is 6.77. The summed E-state index contributed by atoms with van der Waals surface area (Å²) in [6.07, 6.45) is -3.35. The van der Waals surface area contributed by atoms with E-state index in [1.807, 2.05) is 18.2 Å². The van der Waals surface area contributed by atoms with Gasteiger partial charge in [0.15, 0.2) is 11.7 Å². The largest absolute Gasteiger partial charge is 0.434 e. The van der Waals surface area contributed by atoms with Crippen LogP contribution in [-0.4, -0.2) is 44.0 Å². The second-order valence-electron chi connectivity index (χ2n) is 5.83. The topological polar surface area (TPSA) is 78.4 Å². The number of aliphatic imine (C=N–C) groups is 1. The maximum absolute atomic E-state index is 12.6. The monoisotopic (exact) mass is 541 g/mol. The van der Waals surface area contributed by atoms with Gasteiger partial charge in [-0.1, -0.05) is 12.1 Å². The van der Waals surface area contributed by atoms with Crippen molar-refractivity contribution >= 4 is 47.2 Å². The van der Waals surface area contributed by atoms with Gasteiger partial charge in [0.25, 0.3) is 5.91 Å². The summed E-state index contributed by atoms with van der Waals surface area (Å²) in [4.78, 5) is 19.3. The van der Waals surface area contributed by atoms with E-state index in [-0.39, 0.29) is 29.9 Å². The van der Waals surface area contributed by atoms with Gasteiger partial charge in [0, 0.05) is 44.5 Å². The summed E-state index contributed by atoms with van der Waals surface area (Å²) in [6, 6.07) is 7.34. The molecule has 0 aliphatic carbocycles. The van der Waals surface area contributed by atoms with Crippen molar-refractivity contribution in [3.8, 4) is 0 Å². The first-order chi connectivity index (χ1) is 13.3. The summed E-state index contributed by atoms with van der Waals surface area (Å²) in [5.74, 6) is 0.415. The normalized spacial score (nSPS) is 11.6. The molecule has 0 radical (unpaired) electrons. The van der Waals surface area contributed by atoms with Gasteiger partial charge in [0.05, 0.1) is 5.01 Å². The molecule has 0 unspecified atom stereocenters. The van der Waals surface area contributed by atoms with Crippen LogP contribution in [0.1, 0.15) is 26.6 Å². The molecular weight excluding hydrogens is 518 g/mol. The highest BCUT2D eigenvalue weighted by Crippen LogP contribution is 2.29. The molecule has 0 saturated carbocycles. The Labute approximate surface area is 188 Å². The minimum atomic E-state index is -4.41. The minimum absolute atomic E-state index is 0. The number of nitrogens with one attached hydrogen (secondary N) is 3. The molecule has 1 aromatic heterocycles. The van der Waals surface area contributed by atoms with E-state index in [1.54, 1.807) is 20.2 Å². The van der Waals surface area contributed by atoms with Crippen molar-refractivity contribution in [1.82, 2.24) is 20.9 Å². The Balaban J connectivity index is 0.00000420. The van der Waals surface area contributed by atoms with Crippen LogP contribution in [0.25, 0.3) is 0 Å². The van der Waals surface area contributed by atoms with Crippen molar-refractivity contribution in [3.05, 3.63) is 51.5 Å². The number of carbonyl (C=O) groups excluding carboxylic acids is 1. The van der Waals surface area contributed by atoms with Crippen molar-refractivity contribution < 1.29 is 18.0 Å². The van der Waals surface area contributed by atoms with E-state index >= 15 is 0 Å². The number of rotatable bonds is 7. The lowest BCUT2D eigenvalue weighted by atomic mass is 10.1. The minimum Gasteiger partial charge on any atom is -0.356 e. The number of alkyl halides is 3. The molecule has 2 rings (SSSR count). The van der Waals surface area contributed by atoms with Crippen LogP contribution >= 0.6 is 35.3 Å². The Bertz CT molecular complexity index is 826. The standard InChI is InChI=1S/C18H22F3N5OS.HI/c1-22-16(27)13-5-3-4-12(10-13)6-8-24-17(23-2)25-9-7-15-26-14(11-28-15)18(19,20)21;/h3-5,10-11H,6-9H2,1-2H3,(H,22,27)(H2,23,24,25);1H. The van der Waals surface area contributed by atoms with E-state index in [1.165, 1.54) is 0 Å². The number of guanidine groups is 1. The third kappa shape index (κ3) is 8.17. The van der Waals surface area contributed by atoms with Crippen molar-refractivity contribution in [1.29, 1.82) is 0 Å². The lowest BCUT2D eigenvalue weighted by Crippen LogP contribution is -2.39. The molecule has 160 valence electrons. The molecule has 0 aliphatic rings. The van der Waals surface area contributed by atoms with Crippen LogP contribution in [0.3, 0.4) is 0 Å². The molecule has 1 amide bonds. The molecule has 1 aromatic carbocycles. The number of thiazole rings is 1. The third-order valence-electron chi connectivity index (χ3n) is 3.82. The Morgan fingerprint density at radius 1 is 1.21 bits per heavy atom. The Kier molecular flexibility index (Phi) is 10.4. The van der Waals surface area contributed by atoms with Gasteiger partial charge in [-0.3, -0.25) is 9.79 Å². The number of hydrogen-bond acceptors (Lipinski definition) is 4. The second kappa shape index (κ2) is 12.0. The average Bonchev–Trinajstić information content (AvgIpc) is 3.16. The van der Waals surface area contributed by atoms with Gasteiger partial charge >= 0.3 is 6.18 Å². The quantitative estimate of drug-likeness (QED) is 0.286. The summed E-state index contributed by atoms with van der Waals surface area (Å²) in [6.45, 7) is 1.00. The predicted molar refractivity (Wildman–Crippen MR) is 119 cm³/mol. The van der Waals surface area contributed by atoms with Crippen molar-refractivity contribution in [2.24, 2.45) is 4.99 Å². The zero-order valence-corrected chi connectivity index (χ0v) is 19.1. The lowest BCUT2D eigenvalue weighted by Gasteiger charge is -2.11. The summed E-state index contributed by atoms with van der Waals surface area (Å²) in [5.41, 5.74) is 0.754. The summed E-state index contributed by atoms with van der Waals surface area (Å²) in [7, 11) is 3.20. The molecule has 3 N–H and O–H groups in total. The maximum atomic E-state index is 12.6. The van der Waals surface area contributed by atoms with E-state index in [2.05, 4.69) is 25.9 Å². The highest BCUT2D eigenvalue weighted by Gasteiger charge is 2.33. The average molecular weight is 541 g/mol. The zero-order chi connectivity index (χ0) is 20.6. The van der Waals surface area contributed by atoms with Gasteiger partial charge in [0.1, 0.15) is 0 Å². The molecule has 2 aromatic rings. The smallest absolute Gasteiger partial charge is 0.356 e. The first-order valence-electron chi connectivity index (χ1n) is 8.60. The molecular formula is C18H23F3IN5OS. The Morgan fingerprint density at radius 2 is 1.90 bits per heavy atom. The highest BCUT2D eigenvalue weighted by molar-refractivity contribution is 14.0. The van der Waals surface area contributed by atoms with E-state index in [0.29, 0.717) is 42.5 Å². The molecule has 0 spiro atoms. The molecule has 0 aliphatic heterocycles. The maximum Gasteiger partial charge on any atom is 0.434 e. The zero-order valence-electron chi connectivity index (χ0n) is 16.0. The van der Waals surface area contributed by atoms with Gasteiger partial charge in [-0.2, -0.15) is 13.2 Å². The van der Waals surface area contributed by atoms with Crippen molar-refractivity contribution in [2.45, 2.75) is 19.0 Å². The van der Waals surface area contributed by atoms with E-state index in [9.17, 15) is 18.0 Å². The molecule has 0 fully saturated rings. The molecule has 0 saturated heterocycles. The molecule has 6 nitrogen and oxygen atoms in total. The molecule has 1 heterocycles. The van der Waals surface area contributed by atoms with E-state index in [0.717, 1.165) is 22.3 Å². The highest BCUT2D eigenvalue weighted by atomic mass is 127. The number of benzene rings is 1. The summed E-state index contributed by atoms with van der Waals surface area (Å²) >= 11 is 0.992.